The molecule has 4 aromatic rings. The standard InChI is InChI=1S/C19H15ClN4OS/c1-24(11-12-4-6-13(20)7-5-12)19-23-10-16(26-19)17(25)15-9-22-18-14(15)3-2-8-21-18/h2-10H,11H2,1H3,(H,21,22). The number of carbonyl (C=O) groups excluding carboxylic acids is 1. The van der Waals surface area contributed by atoms with Crippen molar-refractivity contribution in [3.05, 3.63) is 76.0 Å². The third-order valence-electron chi connectivity index (χ3n) is 4.07. The fourth-order valence-electron chi connectivity index (χ4n) is 2.75. The van der Waals surface area contributed by atoms with Crippen LogP contribution in [0.4, 0.5) is 5.13 Å². The fraction of sp³-hybridized carbons (Fsp3) is 0.105. The highest BCUT2D eigenvalue weighted by Gasteiger charge is 2.18. The number of hydrogen-bond donors (Lipinski definition) is 1. The summed E-state index contributed by atoms with van der Waals surface area (Å²) in [4.78, 5) is 27.1. The molecule has 0 saturated heterocycles. The molecule has 0 amide bonds. The van der Waals surface area contributed by atoms with E-state index in [0.717, 1.165) is 16.1 Å². The van der Waals surface area contributed by atoms with Gasteiger partial charge in [-0.2, -0.15) is 0 Å². The Hall–Kier alpha value is -2.70. The number of aromatic nitrogens is 3. The molecule has 0 unspecified atom stereocenters. The lowest BCUT2D eigenvalue weighted by molar-refractivity contribution is 0.104. The number of H-pyrrole nitrogens is 1. The Labute approximate surface area is 159 Å². The summed E-state index contributed by atoms with van der Waals surface area (Å²) in [5.41, 5.74) is 2.45. The Morgan fingerprint density at radius 1 is 1.23 bits per heavy atom. The van der Waals surface area contributed by atoms with Crippen LogP contribution in [0.3, 0.4) is 0 Å². The minimum atomic E-state index is -0.0482. The number of nitrogens with zero attached hydrogens (tertiary/aromatic N) is 3. The van der Waals surface area contributed by atoms with Crippen LogP contribution in [-0.4, -0.2) is 27.8 Å². The monoisotopic (exact) mass is 382 g/mol. The van der Waals surface area contributed by atoms with Gasteiger partial charge in [0.15, 0.2) is 5.13 Å². The molecule has 4 rings (SSSR count). The molecule has 5 nitrogen and oxygen atoms in total. The predicted molar refractivity (Wildman–Crippen MR) is 105 cm³/mol. The van der Waals surface area contributed by atoms with Crippen molar-refractivity contribution in [3.63, 3.8) is 0 Å². The maximum absolute atomic E-state index is 12.8. The van der Waals surface area contributed by atoms with Crippen molar-refractivity contribution >= 4 is 44.9 Å². The topological polar surface area (TPSA) is 61.9 Å². The van der Waals surface area contributed by atoms with E-state index in [-0.39, 0.29) is 5.78 Å². The number of halogens is 1. The van der Waals surface area contributed by atoms with Gasteiger partial charge in [0.1, 0.15) is 5.65 Å². The second-order valence-electron chi connectivity index (χ2n) is 5.92. The smallest absolute Gasteiger partial charge is 0.206 e. The summed E-state index contributed by atoms with van der Waals surface area (Å²) in [6, 6.07) is 11.4. The number of nitrogens with one attached hydrogen (secondary N) is 1. The highest BCUT2D eigenvalue weighted by Crippen LogP contribution is 2.27. The molecule has 0 atom stereocenters. The fourth-order valence-corrected chi connectivity index (χ4v) is 3.71. The van der Waals surface area contributed by atoms with E-state index in [1.807, 2.05) is 48.3 Å². The first-order chi connectivity index (χ1) is 12.6. The molecule has 0 radical (unpaired) electrons. The van der Waals surface area contributed by atoms with Crippen LogP contribution in [0.15, 0.2) is 55.0 Å². The number of thiazole rings is 1. The number of benzene rings is 1. The molecule has 0 aliphatic rings. The van der Waals surface area contributed by atoms with Gasteiger partial charge >= 0.3 is 0 Å². The number of pyridine rings is 1. The predicted octanol–water partition coefficient (Wildman–Crippen LogP) is 4.54. The third kappa shape index (κ3) is 3.21. The summed E-state index contributed by atoms with van der Waals surface area (Å²) in [5.74, 6) is -0.0482. The lowest BCUT2D eigenvalue weighted by Gasteiger charge is -2.15. The van der Waals surface area contributed by atoms with E-state index in [2.05, 4.69) is 15.0 Å². The molecular formula is C19H15ClN4OS. The van der Waals surface area contributed by atoms with Crippen molar-refractivity contribution in [2.24, 2.45) is 0 Å². The van der Waals surface area contributed by atoms with Crippen molar-refractivity contribution in [1.29, 1.82) is 0 Å². The lowest BCUT2D eigenvalue weighted by atomic mass is 10.1. The molecule has 3 aromatic heterocycles. The quantitative estimate of drug-likeness (QED) is 0.515. The third-order valence-corrected chi connectivity index (χ3v) is 5.43. The van der Waals surface area contributed by atoms with Crippen molar-refractivity contribution in [3.8, 4) is 0 Å². The maximum Gasteiger partial charge on any atom is 0.206 e. The summed E-state index contributed by atoms with van der Waals surface area (Å²) in [5, 5.41) is 2.33. The van der Waals surface area contributed by atoms with E-state index in [1.54, 1.807) is 18.6 Å². The van der Waals surface area contributed by atoms with Crippen LogP contribution in [0.1, 0.15) is 20.8 Å². The van der Waals surface area contributed by atoms with Crippen molar-refractivity contribution in [1.82, 2.24) is 15.0 Å². The average Bonchev–Trinajstić information content (AvgIpc) is 3.30. The zero-order valence-electron chi connectivity index (χ0n) is 13.9. The summed E-state index contributed by atoms with van der Waals surface area (Å²) in [6.07, 6.45) is 5.04. The second-order valence-corrected chi connectivity index (χ2v) is 7.37. The van der Waals surface area contributed by atoms with Crippen molar-refractivity contribution in [2.75, 3.05) is 11.9 Å². The second kappa shape index (κ2) is 6.90. The molecule has 7 heteroatoms. The maximum atomic E-state index is 12.8. The largest absolute Gasteiger partial charge is 0.347 e. The number of hydrogen-bond acceptors (Lipinski definition) is 5. The highest BCUT2D eigenvalue weighted by molar-refractivity contribution is 7.17. The van der Waals surface area contributed by atoms with E-state index >= 15 is 0 Å². The number of carbonyl (C=O) groups is 1. The molecule has 0 spiro atoms. The van der Waals surface area contributed by atoms with Crippen molar-refractivity contribution < 1.29 is 4.79 Å². The van der Waals surface area contributed by atoms with Crippen LogP contribution in [0.5, 0.6) is 0 Å². The first-order valence-electron chi connectivity index (χ1n) is 8.00. The zero-order chi connectivity index (χ0) is 18.1. The van der Waals surface area contributed by atoms with E-state index in [4.69, 9.17) is 11.6 Å². The molecule has 0 aliphatic carbocycles. The van der Waals surface area contributed by atoms with Gasteiger partial charge in [-0.3, -0.25) is 4.79 Å². The van der Waals surface area contributed by atoms with Crippen LogP contribution < -0.4 is 4.90 Å². The molecule has 3 heterocycles. The molecule has 0 saturated carbocycles. The SMILES string of the molecule is CN(Cc1ccc(Cl)cc1)c1ncc(C(=O)c2c[nH]c3ncccc23)s1. The van der Waals surface area contributed by atoms with Gasteiger partial charge in [-0.15, -0.1) is 0 Å². The average molecular weight is 383 g/mol. The van der Waals surface area contributed by atoms with E-state index in [9.17, 15) is 4.79 Å². The highest BCUT2D eigenvalue weighted by atomic mass is 35.5. The molecule has 0 fully saturated rings. The molecular weight excluding hydrogens is 368 g/mol. The van der Waals surface area contributed by atoms with Gasteiger partial charge < -0.3 is 9.88 Å². The Morgan fingerprint density at radius 2 is 2.04 bits per heavy atom. The number of rotatable bonds is 5. The van der Waals surface area contributed by atoms with Crippen LogP contribution >= 0.6 is 22.9 Å². The minimum absolute atomic E-state index is 0.0482. The van der Waals surface area contributed by atoms with Crippen LogP contribution in [0.2, 0.25) is 5.02 Å². The molecule has 0 bridgehead atoms. The Balaban J connectivity index is 1.55. The van der Waals surface area contributed by atoms with Crippen LogP contribution in [0.25, 0.3) is 11.0 Å². The van der Waals surface area contributed by atoms with Gasteiger partial charge in [-0.05, 0) is 29.8 Å². The number of fused-ring (bicyclic) bond motifs is 1. The van der Waals surface area contributed by atoms with Gasteiger partial charge in [-0.25, -0.2) is 9.97 Å². The number of anilines is 1. The first kappa shape index (κ1) is 16.8. The number of ketones is 1. The van der Waals surface area contributed by atoms with Gasteiger partial charge in [0.25, 0.3) is 0 Å². The van der Waals surface area contributed by atoms with Crippen LogP contribution in [-0.2, 0) is 6.54 Å². The lowest BCUT2D eigenvalue weighted by Crippen LogP contribution is -2.15. The summed E-state index contributed by atoms with van der Waals surface area (Å²) in [6.45, 7) is 0.690. The first-order valence-corrected chi connectivity index (χ1v) is 9.19. The van der Waals surface area contributed by atoms with Gasteiger partial charge in [0, 0.05) is 36.4 Å². The molecule has 130 valence electrons. The van der Waals surface area contributed by atoms with Gasteiger partial charge in [0.2, 0.25) is 5.78 Å². The van der Waals surface area contributed by atoms with Gasteiger partial charge in [-0.1, -0.05) is 35.1 Å². The van der Waals surface area contributed by atoms with E-state index < -0.39 is 0 Å². The number of aromatic amines is 1. The van der Waals surface area contributed by atoms with Crippen LogP contribution in [0, 0.1) is 0 Å². The minimum Gasteiger partial charge on any atom is -0.347 e. The molecule has 0 aliphatic heterocycles. The Kier molecular flexibility index (Phi) is 4.44. The van der Waals surface area contributed by atoms with Gasteiger partial charge in [0.05, 0.1) is 16.6 Å². The summed E-state index contributed by atoms with van der Waals surface area (Å²) in [7, 11) is 1.96. The van der Waals surface area contributed by atoms with E-state index in [0.29, 0.717) is 27.7 Å². The summed E-state index contributed by atoms with van der Waals surface area (Å²) < 4.78 is 0. The normalized spacial score (nSPS) is 11.0. The molecule has 26 heavy (non-hydrogen) atoms. The Bertz CT molecular complexity index is 1070. The summed E-state index contributed by atoms with van der Waals surface area (Å²) >= 11 is 7.31. The Morgan fingerprint density at radius 3 is 2.85 bits per heavy atom. The van der Waals surface area contributed by atoms with E-state index in [1.165, 1.54) is 11.3 Å². The molecule has 1 N–H and O–H groups in total. The zero-order valence-corrected chi connectivity index (χ0v) is 15.5. The molecule has 1 aromatic carbocycles. The van der Waals surface area contributed by atoms with Crippen molar-refractivity contribution in [2.45, 2.75) is 6.54 Å².